The van der Waals surface area contributed by atoms with E-state index in [1.54, 1.807) is 12.3 Å². The summed E-state index contributed by atoms with van der Waals surface area (Å²) in [6, 6.07) is 10.7. The molecule has 0 saturated heterocycles. The van der Waals surface area contributed by atoms with Crippen LogP contribution in [0.4, 0.5) is 8.78 Å². The van der Waals surface area contributed by atoms with Crippen LogP contribution in [-0.4, -0.2) is 15.9 Å². The number of aromatic nitrogens is 2. The number of amides is 1. The fourth-order valence-corrected chi connectivity index (χ4v) is 4.06. The van der Waals surface area contributed by atoms with Crippen molar-refractivity contribution in [3.8, 4) is 0 Å². The summed E-state index contributed by atoms with van der Waals surface area (Å²) in [7, 11) is 0. The Morgan fingerprint density at radius 1 is 1.13 bits per heavy atom. The van der Waals surface area contributed by atoms with Crippen LogP contribution < -0.4 is 5.32 Å². The number of carbonyl (C=O) groups is 1. The van der Waals surface area contributed by atoms with Crippen LogP contribution in [-0.2, 0) is 6.42 Å². The molecule has 2 aromatic heterocycles. The quantitative estimate of drug-likeness (QED) is 0.640. The van der Waals surface area contributed by atoms with Gasteiger partial charge in [0.2, 0.25) is 0 Å². The van der Waals surface area contributed by atoms with E-state index in [0.29, 0.717) is 12.0 Å². The van der Waals surface area contributed by atoms with Crippen LogP contribution in [0.15, 0.2) is 54.9 Å². The number of hydrogen-bond acceptors (Lipinski definition) is 3. The molecule has 6 heteroatoms. The first-order chi connectivity index (χ1) is 14.5. The van der Waals surface area contributed by atoms with Gasteiger partial charge in [-0.1, -0.05) is 13.0 Å². The van der Waals surface area contributed by atoms with Gasteiger partial charge in [-0.25, -0.2) is 8.78 Å². The number of carbonyl (C=O) groups excluding carboxylic acids is 1. The number of nitrogens with one attached hydrogen (secondary N) is 1. The van der Waals surface area contributed by atoms with Gasteiger partial charge in [-0.05, 0) is 73.2 Å². The molecule has 0 aliphatic heterocycles. The minimum absolute atomic E-state index is 0.0763. The Balaban J connectivity index is 1.57. The van der Waals surface area contributed by atoms with Gasteiger partial charge in [-0.3, -0.25) is 14.8 Å². The minimum Gasteiger partial charge on any atom is -0.344 e. The summed E-state index contributed by atoms with van der Waals surface area (Å²) >= 11 is 0. The first-order valence-corrected chi connectivity index (χ1v) is 10.2. The number of fused-ring (bicyclic) bond motifs is 1. The largest absolute Gasteiger partial charge is 0.344 e. The molecule has 1 N–H and O–H groups in total. The average molecular weight is 407 g/mol. The molecule has 4 rings (SSSR count). The molecule has 2 heterocycles. The number of rotatable bonds is 5. The molecule has 2 atom stereocenters. The van der Waals surface area contributed by atoms with E-state index in [1.165, 1.54) is 30.5 Å². The Labute approximate surface area is 174 Å². The van der Waals surface area contributed by atoms with Crippen molar-refractivity contribution < 1.29 is 13.6 Å². The summed E-state index contributed by atoms with van der Waals surface area (Å²) < 4.78 is 26.8. The lowest BCUT2D eigenvalue weighted by molar-refractivity contribution is 0.0934. The van der Waals surface area contributed by atoms with Crippen LogP contribution in [0.2, 0.25) is 0 Å². The van der Waals surface area contributed by atoms with Gasteiger partial charge < -0.3 is 5.32 Å². The maximum Gasteiger partial charge on any atom is 0.251 e. The topological polar surface area (TPSA) is 54.9 Å². The van der Waals surface area contributed by atoms with Gasteiger partial charge in [0.15, 0.2) is 0 Å². The molecule has 154 valence electrons. The molecule has 30 heavy (non-hydrogen) atoms. The third kappa shape index (κ3) is 4.22. The molecule has 1 aliphatic carbocycles. The fraction of sp³-hybridized carbons (Fsp3) is 0.292. The predicted molar refractivity (Wildman–Crippen MR) is 110 cm³/mol. The summed E-state index contributed by atoms with van der Waals surface area (Å²) in [5.74, 6) is -0.894. The van der Waals surface area contributed by atoms with Gasteiger partial charge in [-0.2, -0.15) is 0 Å². The van der Waals surface area contributed by atoms with Gasteiger partial charge in [-0.15, -0.1) is 0 Å². The molecule has 0 bridgehead atoms. The molecule has 1 aliphatic rings. The second-order valence-corrected chi connectivity index (χ2v) is 7.59. The highest BCUT2D eigenvalue weighted by Gasteiger charge is 2.25. The van der Waals surface area contributed by atoms with Crippen molar-refractivity contribution in [3.05, 3.63) is 94.6 Å². The monoisotopic (exact) mass is 407 g/mol. The normalized spacial score (nSPS) is 16.6. The number of hydrogen-bond donors (Lipinski definition) is 1. The fourth-order valence-electron chi connectivity index (χ4n) is 4.06. The predicted octanol–water partition coefficient (Wildman–Crippen LogP) is 5.10. The number of benzene rings is 1. The highest BCUT2D eigenvalue weighted by Crippen LogP contribution is 2.36. The maximum absolute atomic E-state index is 13.7. The third-order valence-electron chi connectivity index (χ3n) is 5.62. The third-order valence-corrected chi connectivity index (χ3v) is 5.62. The van der Waals surface area contributed by atoms with Crippen LogP contribution in [0.1, 0.15) is 71.0 Å². The van der Waals surface area contributed by atoms with E-state index in [0.717, 1.165) is 41.8 Å². The lowest BCUT2D eigenvalue weighted by Crippen LogP contribution is -2.29. The van der Waals surface area contributed by atoms with Crippen molar-refractivity contribution in [2.75, 3.05) is 0 Å². The Morgan fingerprint density at radius 2 is 1.93 bits per heavy atom. The summed E-state index contributed by atoms with van der Waals surface area (Å²) in [6.45, 7) is 1.98. The molecule has 0 fully saturated rings. The smallest absolute Gasteiger partial charge is 0.251 e. The zero-order chi connectivity index (χ0) is 21.1. The number of nitrogens with zero attached hydrogens (tertiary/aromatic N) is 2. The molecule has 4 nitrogen and oxygen atoms in total. The second kappa shape index (κ2) is 8.69. The van der Waals surface area contributed by atoms with Gasteiger partial charge in [0.1, 0.15) is 11.6 Å². The van der Waals surface area contributed by atoms with E-state index >= 15 is 0 Å². The van der Waals surface area contributed by atoms with Crippen LogP contribution >= 0.6 is 0 Å². The van der Waals surface area contributed by atoms with Crippen molar-refractivity contribution in [3.63, 3.8) is 0 Å². The number of aryl methyl sites for hydroxylation is 1. The van der Waals surface area contributed by atoms with Gasteiger partial charge in [0, 0.05) is 23.4 Å². The van der Waals surface area contributed by atoms with Crippen molar-refractivity contribution in [1.82, 2.24) is 15.3 Å². The number of pyridine rings is 2. The molecule has 3 aromatic rings. The summed E-state index contributed by atoms with van der Waals surface area (Å²) in [5.41, 5.74) is 4.15. The van der Waals surface area contributed by atoms with Crippen LogP contribution in [0.5, 0.6) is 0 Å². The SMILES string of the molecule is CCC(NC(=O)c1ccc(F)cc1)c1ccc2c(n1)CCC[C@H]2c1cncc(F)c1. The molecule has 1 amide bonds. The van der Waals surface area contributed by atoms with E-state index < -0.39 is 0 Å². The Hall–Kier alpha value is -3.15. The second-order valence-electron chi connectivity index (χ2n) is 7.59. The van der Waals surface area contributed by atoms with Gasteiger partial charge >= 0.3 is 0 Å². The molecule has 1 unspecified atom stereocenters. The highest BCUT2D eigenvalue weighted by molar-refractivity contribution is 5.94. The Bertz CT molecular complexity index is 1050. The minimum atomic E-state index is -0.377. The Morgan fingerprint density at radius 3 is 2.67 bits per heavy atom. The summed E-state index contributed by atoms with van der Waals surface area (Å²) in [4.78, 5) is 21.4. The van der Waals surface area contributed by atoms with E-state index in [-0.39, 0.29) is 29.5 Å². The van der Waals surface area contributed by atoms with Crippen molar-refractivity contribution in [2.24, 2.45) is 0 Å². The van der Waals surface area contributed by atoms with Crippen LogP contribution in [0.3, 0.4) is 0 Å². The molecular formula is C24H23F2N3O. The van der Waals surface area contributed by atoms with Crippen molar-refractivity contribution in [1.29, 1.82) is 0 Å². The van der Waals surface area contributed by atoms with Crippen molar-refractivity contribution in [2.45, 2.75) is 44.6 Å². The van der Waals surface area contributed by atoms with Gasteiger partial charge in [0.25, 0.3) is 5.91 Å². The molecule has 0 saturated carbocycles. The zero-order valence-electron chi connectivity index (χ0n) is 16.7. The first kappa shape index (κ1) is 20.1. The number of halogens is 2. The standard InChI is InChI=1S/C24H23F2N3O/c1-2-21(29-24(30)15-6-8-17(25)9-7-15)23-11-10-20-19(4-3-5-22(20)28-23)16-12-18(26)14-27-13-16/h6-14,19,21H,2-5H2,1H3,(H,29,30)/t19-,21?/m0/s1. The van der Waals surface area contributed by atoms with E-state index in [1.807, 2.05) is 19.1 Å². The Kier molecular flexibility index (Phi) is 5.84. The van der Waals surface area contributed by atoms with E-state index in [2.05, 4.69) is 10.3 Å². The van der Waals surface area contributed by atoms with Gasteiger partial charge in [0.05, 0.1) is 17.9 Å². The average Bonchev–Trinajstić information content (AvgIpc) is 2.77. The van der Waals surface area contributed by atoms with E-state index in [9.17, 15) is 13.6 Å². The maximum atomic E-state index is 13.7. The van der Waals surface area contributed by atoms with Crippen molar-refractivity contribution >= 4 is 5.91 Å². The highest BCUT2D eigenvalue weighted by atomic mass is 19.1. The molecule has 0 radical (unpaired) electrons. The lowest BCUT2D eigenvalue weighted by atomic mass is 9.81. The molecule has 0 spiro atoms. The summed E-state index contributed by atoms with van der Waals surface area (Å²) in [5, 5.41) is 2.99. The summed E-state index contributed by atoms with van der Waals surface area (Å²) in [6.07, 6.45) is 6.35. The molecule has 1 aromatic carbocycles. The van der Waals surface area contributed by atoms with Crippen LogP contribution in [0.25, 0.3) is 0 Å². The first-order valence-electron chi connectivity index (χ1n) is 10.2. The van der Waals surface area contributed by atoms with E-state index in [4.69, 9.17) is 4.98 Å². The van der Waals surface area contributed by atoms with Crippen LogP contribution in [0, 0.1) is 11.6 Å². The zero-order valence-corrected chi connectivity index (χ0v) is 16.7. The molecular weight excluding hydrogens is 384 g/mol. The lowest BCUT2D eigenvalue weighted by Gasteiger charge is -2.26.